The molecule has 10 heteroatoms. The first-order chi connectivity index (χ1) is 16.5. The van der Waals surface area contributed by atoms with E-state index in [1.165, 1.54) is 11.6 Å². The number of aryl methyl sites for hydroxylation is 2. The van der Waals surface area contributed by atoms with Gasteiger partial charge in [-0.1, -0.05) is 29.8 Å². The van der Waals surface area contributed by atoms with E-state index in [-0.39, 0.29) is 11.5 Å². The summed E-state index contributed by atoms with van der Waals surface area (Å²) in [6.07, 6.45) is -4.27. The molecule has 1 unspecified atom stereocenters. The summed E-state index contributed by atoms with van der Waals surface area (Å²) < 4.78 is 38.5. The van der Waals surface area contributed by atoms with Crippen molar-refractivity contribution < 1.29 is 27.6 Å². The number of alkyl halides is 3. The third-order valence-electron chi connectivity index (χ3n) is 5.29. The predicted octanol–water partition coefficient (Wildman–Crippen LogP) is 2.85. The number of hydrogen-bond donors (Lipinski definition) is 4. The van der Waals surface area contributed by atoms with Crippen LogP contribution >= 0.6 is 0 Å². The Hall–Kier alpha value is -3.40. The predicted molar refractivity (Wildman–Crippen MR) is 127 cm³/mol. The smallest absolute Gasteiger partial charge is 0.355 e. The Balaban J connectivity index is 1.88. The lowest BCUT2D eigenvalue weighted by molar-refractivity contribution is -0.137. The van der Waals surface area contributed by atoms with Crippen LogP contribution in [-0.4, -0.2) is 43.4 Å². The molecule has 2 aromatic rings. The van der Waals surface area contributed by atoms with Gasteiger partial charge >= 0.3 is 6.18 Å². The molecule has 2 rings (SSSR count). The van der Waals surface area contributed by atoms with Crippen LogP contribution in [0.2, 0.25) is 0 Å². The third kappa shape index (κ3) is 9.05. The van der Waals surface area contributed by atoms with Gasteiger partial charge in [-0.3, -0.25) is 14.4 Å². The van der Waals surface area contributed by atoms with Gasteiger partial charge in [0.1, 0.15) is 6.04 Å². The van der Waals surface area contributed by atoms with E-state index < -0.39 is 36.1 Å². The standard InChI is InChI=1S/C25H31F3N4O3/c1-4-30-24(35)21(10-11-29-14-19-9-8-16(2)12-17(19)3)32-22(33)15-31-23(34)18-6-5-7-20(13-18)25(26,27)28/h5-9,12-13,21,29H,4,10-11,14-15H2,1-3H3,(H,30,35)(H,31,34)(H,32,33). The van der Waals surface area contributed by atoms with Gasteiger partial charge in [-0.25, -0.2) is 0 Å². The van der Waals surface area contributed by atoms with Crippen LogP contribution in [0.1, 0.15) is 46.0 Å². The van der Waals surface area contributed by atoms with E-state index in [1.807, 2.05) is 26.0 Å². The van der Waals surface area contributed by atoms with Crippen molar-refractivity contribution in [2.45, 2.75) is 46.0 Å². The summed E-state index contributed by atoms with van der Waals surface area (Å²) in [6.45, 7) is 6.75. The first-order valence-corrected chi connectivity index (χ1v) is 11.3. The molecule has 0 fully saturated rings. The number of amides is 3. The number of hydrogen-bond acceptors (Lipinski definition) is 4. The molecule has 3 amide bonds. The topological polar surface area (TPSA) is 99.3 Å². The highest BCUT2D eigenvalue weighted by Crippen LogP contribution is 2.29. The fraction of sp³-hybridized carbons (Fsp3) is 0.400. The van der Waals surface area contributed by atoms with Crippen LogP contribution in [0.3, 0.4) is 0 Å². The molecule has 7 nitrogen and oxygen atoms in total. The molecule has 1 atom stereocenters. The lowest BCUT2D eigenvalue weighted by Crippen LogP contribution is -2.50. The Morgan fingerprint density at radius 3 is 2.40 bits per heavy atom. The van der Waals surface area contributed by atoms with Crippen molar-refractivity contribution in [1.82, 2.24) is 21.3 Å². The Morgan fingerprint density at radius 2 is 1.74 bits per heavy atom. The Kier molecular flexibility index (Phi) is 10.3. The molecule has 4 N–H and O–H groups in total. The number of likely N-dealkylation sites (N-methyl/N-ethyl adjacent to an activating group) is 1. The average molecular weight is 493 g/mol. The van der Waals surface area contributed by atoms with E-state index in [1.54, 1.807) is 6.92 Å². The summed E-state index contributed by atoms with van der Waals surface area (Å²) in [6, 6.07) is 9.22. The van der Waals surface area contributed by atoms with Crippen LogP contribution in [-0.2, 0) is 22.3 Å². The van der Waals surface area contributed by atoms with Crippen molar-refractivity contribution in [2.75, 3.05) is 19.6 Å². The highest BCUT2D eigenvalue weighted by atomic mass is 19.4. The quantitative estimate of drug-likeness (QED) is 0.363. The fourth-order valence-electron chi connectivity index (χ4n) is 3.42. The van der Waals surface area contributed by atoms with Crippen molar-refractivity contribution >= 4 is 17.7 Å². The molecular formula is C25H31F3N4O3. The second-order valence-corrected chi connectivity index (χ2v) is 8.17. The van der Waals surface area contributed by atoms with Crippen LogP contribution in [0.25, 0.3) is 0 Å². The molecule has 190 valence electrons. The van der Waals surface area contributed by atoms with Gasteiger partial charge in [0.15, 0.2) is 0 Å². The largest absolute Gasteiger partial charge is 0.416 e. The van der Waals surface area contributed by atoms with Crippen molar-refractivity contribution in [2.24, 2.45) is 0 Å². The normalized spacial score (nSPS) is 12.1. The summed E-state index contributed by atoms with van der Waals surface area (Å²) >= 11 is 0. The van der Waals surface area contributed by atoms with Crippen molar-refractivity contribution in [3.05, 3.63) is 70.3 Å². The van der Waals surface area contributed by atoms with Crippen molar-refractivity contribution in [3.8, 4) is 0 Å². The monoisotopic (exact) mass is 492 g/mol. The molecule has 0 aromatic heterocycles. The van der Waals surface area contributed by atoms with E-state index >= 15 is 0 Å². The van der Waals surface area contributed by atoms with Crippen LogP contribution in [0.4, 0.5) is 13.2 Å². The summed E-state index contributed by atoms with van der Waals surface area (Å²) in [5, 5.41) is 10.8. The fourth-order valence-corrected chi connectivity index (χ4v) is 3.42. The molecule has 0 aliphatic heterocycles. The van der Waals surface area contributed by atoms with E-state index in [4.69, 9.17) is 0 Å². The van der Waals surface area contributed by atoms with Crippen LogP contribution in [0.5, 0.6) is 0 Å². The maximum atomic E-state index is 12.8. The van der Waals surface area contributed by atoms with Gasteiger partial charge < -0.3 is 21.3 Å². The number of rotatable bonds is 11. The zero-order chi connectivity index (χ0) is 26.0. The molecule has 0 aliphatic rings. The van der Waals surface area contributed by atoms with Gasteiger partial charge in [-0.15, -0.1) is 0 Å². The minimum absolute atomic E-state index is 0.219. The first-order valence-electron chi connectivity index (χ1n) is 11.3. The van der Waals surface area contributed by atoms with E-state index in [2.05, 4.69) is 27.3 Å². The Labute approximate surface area is 202 Å². The van der Waals surface area contributed by atoms with E-state index in [0.717, 1.165) is 23.3 Å². The molecule has 0 saturated heterocycles. The average Bonchev–Trinajstić information content (AvgIpc) is 2.80. The van der Waals surface area contributed by atoms with E-state index in [0.29, 0.717) is 32.1 Å². The minimum Gasteiger partial charge on any atom is -0.355 e. The molecule has 0 bridgehead atoms. The number of benzene rings is 2. The lowest BCUT2D eigenvalue weighted by Gasteiger charge is -2.19. The van der Waals surface area contributed by atoms with E-state index in [9.17, 15) is 27.6 Å². The summed E-state index contributed by atoms with van der Waals surface area (Å²) in [5.74, 6) is -1.81. The minimum atomic E-state index is -4.58. The van der Waals surface area contributed by atoms with Crippen LogP contribution in [0, 0.1) is 13.8 Å². The molecule has 0 radical (unpaired) electrons. The summed E-state index contributed by atoms with van der Waals surface area (Å²) in [7, 11) is 0. The highest BCUT2D eigenvalue weighted by Gasteiger charge is 2.31. The van der Waals surface area contributed by atoms with Crippen molar-refractivity contribution in [3.63, 3.8) is 0 Å². The summed E-state index contributed by atoms with van der Waals surface area (Å²) in [4.78, 5) is 36.9. The number of carbonyl (C=O) groups excluding carboxylic acids is 3. The molecule has 0 aliphatic carbocycles. The van der Waals surface area contributed by atoms with Crippen LogP contribution in [0.15, 0.2) is 42.5 Å². The molecule has 2 aromatic carbocycles. The zero-order valence-electron chi connectivity index (χ0n) is 20.0. The molecule has 0 heterocycles. The van der Waals surface area contributed by atoms with Crippen molar-refractivity contribution in [1.29, 1.82) is 0 Å². The lowest BCUT2D eigenvalue weighted by atomic mass is 10.1. The van der Waals surface area contributed by atoms with Gasteiger partial charge in [0.2, 0.25) is 11.8 Å². The third-order valence-corrected chi connectivity index (χ3v) is 5.29. The number of nitrogens with one attached hydrogen (secondary N) is 4. The number of carbonyl (C=O) groups is 3. The second kappa shape index (κ2) is 12.9. The summed E-state index contributed by atoms with van der Waals surface area (Å²) in [5.41, 5.74) is 2.28. The van der Waals surface area contributed by atoms with Gasteiger partial charge in [0.25, 0.3) is 5.91 Å². The maximum absolute atomic E-state index is 12.8. The Morgan fingerprint density at radius 1 is 1.00 bits per heavy atom. The molecular weight excluding hydrogens is 461 g/mol. The van der Waals surface area contributed by atoms with Gasteiger partial charge in [0, 0.05) is 18.7 Å². The molecule has 0 spiro atoms. The van der Waals surface area contributed by atoms with Gasteiger partial charge in [-0.2, -0.15) is 13.2 Å². The SMILES string of the molecule is CCNC(=O)C(CCNCc1ccc(C)cc1C)NC(=O)CNC(=O)c1cccc(C(F)(F)F)c1. The zero-order valence-corrected chi connectivity index (χ0v) is 20.0. The molecule has 0 saturated carbocycles. The second-order valence-electron chi connectivity index (χ2n) is 8.17. The van der Waals surface area contributed by atoms with Crippen LogP contribution < -0.4 is 21.3 Å². The maximum Gasteiger partial charge on any atom is 0.416 e. The first kappa shape index (κ1) is 27.8. The molecule has 35 heavy (non-hydrogen) atoms. The Bertz CT molecular complexity index is 1040. The van der Waals surface area contributed by atoms with Gasteiger partial charge in [0.05, 0.1) is 12.1 Å². The van der Waals surface area contributed by atoms with Gasteiger partial charge in [-0.05, 0) is 63.1 Å². The number of halogens is 3. The highest BCUT2D eigenvalue weighted by molar-refractivity contribution is 5.97.